The lowest BCUT2D eigenvalue weighted by Crippen LogP contribution is -2.30. The molecule has 0 aliphatic heterocycles. The molecule has 1 atom stereocenters. The number of halogens is 1. The molecule has 0 fully saturated rings. The third kappa shape index (κ3) is 4.07. The molecule has 2 aromatic carbocycles. The van der Waals surface area contributed by atoms with Gasteiger partial charge < -0.3 is 10.1 Å². The van der Waals surface area contributed by atoms with Crippen LogP contribution in [-0.2, 0) is 4.79 Å². The van der Waals surface area contributed by atoms with Crippen molar-refractivity contribution >= 4 is 27.5 Å². The summed E-state index contributed by atoms with van der Waals surface area (Å²) in [5.41, 5.74) is 0.901. The van der Waals surface area contributed by atoms with Crippen molar-refractivity contribution in [1.29, 1.82) is 5.26 Å². The monoisotopic (exact) mass is 344 g/mol. The molecular formula is C16H13BrN2O2. The number of ether oxygens (including phenoxy) is 1. The molecular weight excluding hydrogens is 332 g/mol. The Morgan fingerprint density at radius 3 is 2.57 bits per heavy atom. The second-order valence-corrected chi connectivity index (χ2v) is 5.28. The number of rotatable bonds is 4. The lowest BCUT2D eigenvalue weighted by molar-refractivity contribution is -0.122. The number of nitrogens with one attached hydrogen (secondary N) is 1. The van der Waals surface area contributed by atoms with Crippen molar-refractivity contribution in [2.75, 3.05) is 5.32 Å². The van der Waals surface area contributed by atoms with E-state index in [1.54, 1.807) is 43.3 Å². The van der Waals surface area contributed by atoms with Gasteiger partial charge in [-0.2, -0.15) is 5.26 Å². The Balaban J connectivity index is 2.03. The van der Waals surface area contributed by atoms with Gasteiger partial charge in [0.05, 0.1) is 11.3 Å². The van der Waals surface area contributed by atoms with Crippen LogP contribution in [0.25, 0.3) is 0 Å². The van der Waals surface area contributed by atoms with Crippen LogP contribution < -0.4 is 10.1 Å². The zero-order chi connectivity index (χ0) is 15.2. The molecule has 21 heavy (non-hydrogen) atoms. The molecule has 2 aromatic rings. The van der Waals surface area contributed by atoms with Crippen molar-refractivity contribution in [3.63, 3.8) is 0 Å². The molecule has 1 N–H and O–H groups in total. The standard InChI is InChI=1S/C16H13BrN2O2/c1-11(21-14-8-6-13(17)7-9-14)16(20)19-15-5-3-2-4-12(15)10-18/h2-9,11H,1H3,(H,19,20). The van der Waals surface area contributed by atoms with Crippen molar-refractivity contribution in [2.45, 2.75) is 13.0 Å². The van der Waals surface area contributed by atoms with E-state index in [1.165, 1.54) is 0 Å². The van der Waals surface area contributed by atoms with Crippen LogP contribution in [0, 0.1) is 11.3 Å². The highest BCUT2D eigenvalue weighted by Crippen LogP contribution is 2.18. The van der Waals surface area contributed by atoms with E-state index in [0.29, 0.717) is 17.0 Å². The van der Waals surface area contributed by atoms with Gasteiger partial charge in [-0.3, -0.25) is 4.79 Å². The van der Waals surface area contributed by atoms with E-state index in [1.807, 2.05) is 18.2 Å². The van der Waals surface area contributed by atoms with Gasteiger partial charge in [0.25, 0.3) is 5.91 Å². The van der Waals surface area contributed by atoms with Crippen LogP contribution in [0.3, 0.4) is 0 Å². The Labute approximate surface area is 131 Å². The number of nitrogens with zero attached hydrogens (tertiary/aromatic N) is 1. The second kappa shape index (κ2) is 6.91. The predicted molar refractivity (Wildman–Crippen MR) is 84.0 cm³/mol. The fourth-order valence-corrected chi connectivity index (χ4v) is 1.96. The maximum absolute atomic E-state index is 12.1. The number of para-hydroxylation sites is 1. The van der Waals surface area contributed by atoms with Gasteiger partial charge in [0.15, 0.2) is 6.10 Å². The first-order chi connectivity index (χ1) is 10.1. The number of benzene rings is 2. The highest BCUT2D eigenvalue weighted by atomic mass is 79.9. The number of hydrogen-bond donors (Lipinski definition) is 1. The Kier molecular flexibility index (Phi) is 4.96. The highest BCUT2D eigenvalue weighted by Gasteiger charge is 2.16. The fourth-order valence-electron chi connectivity index (χ4n) is 1.69. The van der Waals surface area contributed by atoms with Gasteiger partial charge in [-0.25, -0.2) is 0 Å². The summed E-state index contributed by atoms with van der Waals surface area (Å²) >= 11 is 3.34. The van der Waals surface area contributed by atoms with Crippen LogP contribution in [0.15, 0.2) is 53.0 Å². The quantitative estimate of drug-likeness (QED) is 0.919. The van der Waals surface area contributed by atoms with Crippen LogP contribution in [0.5, 0.6) is 5.75 Å². The summed E-state index contributed by atoms with van der Waals surface area (Å²) in [6.45, 7) is 1.66. The molecule has 0 aliphatic carbocycles. The van der Waals surface area contributed by atoms with Gasteiger partial charge in [-0.05, 0) is 43.3 Å². The molecule has 1 unspecified atom stereocenters. The van der Waals surface area contributed by atoms with Crippen LogP contribution in [0.4, 0.5) is 5.69 Å². The van der Waals surface area contributed by atoms with Crippen molar-refractivity contribution in [3.05, 3.63) is 58.6 Å². The molecule has 4 nitrogen and oxygen atoms in total. The Bertz CT molecular complexity index is 677. The highest BCUT2D eigenvalue weighted by molar-refractivity contribution is 9.10. The van der Waals surface area contributed by atoms with Crippen molar-refractivity contribution in [1.82, 2.24) is 0 Å². The number of carbonyl (C=O) groups excluding carboxylic acids is 1. The lowest BCUT2D eigenvalue weighted by atomic mass is 10.2. The summed E-state index contributed by atoms with van der Waals surface area (Å²) in [6.07, 6.45) is -0.669. The summed E-state index contributed by atoms with van der Waals surface area (Å²) < 4.78 is 6.50. The molecule has 0 radical (unpaired) electrons. The van der Waals surface area contributed by atoms with Gasteiger partial charge in [0, 0.05) is 4.47 Å². The predicted octanol–water partition coefficient (Wildman–Crippen LogP) is 3.73. The van der Waals surface area contributed by atoms with Gasteiger partial charge in [0.1, 0.15) is 11.8 Å². The Morgan fingerprint density at radius 2 is 1.90 bits per heavy atom. The first kappa shape index (κ1) is 15.1. The number of anilines is 1. The number of nitriles is 1. The first-order valence-corrected chi connectivity index (χ1v) is 7.11. The maximum Gasteiger partial charge on any atom is 0.265 e. The maximum atomic E-state index is 12.1. The molecule has 0 aromatic heterocycles. The van der Waals surface area contributed by atoms with E-state index >= 15 is 0 Å². The molecule has 0 saturated heterocycles. The first-order valence-electron chi connectivity index (χ1n) is 6.32. The molecule has 1 amide bonds. The third-order valence-corrected chi connectivity index (χ3v) is 3.33. The normalized spacial score (nSPS) is 11.3. The smallest absolute Gasteiger partial charge is 0.265 e. The van der Waals surface area contributed by atoms with Crippen molar-refractivity contribution in [2.24, 2.45) is 0 Å². The molecule has 0 aliphatic rings. The van der Waals surface area contributed by atoms with Gasteiger partial charge in [-0.1, -0.05) is 28.1 Å². The van der Waals surface area contributed by atoms with E-state index in [2.05, 4.69) is 21.2 Å². The van der Waals surface area contributed by atoms with E-state index in [0.717, 1.165) is 4.47 Å². The van der Waals surface area contributed by atoms with Crippen LogP contribution in [0.2, 0.25) is 0 Å². The minimum atomic E-state index is -0.669. The van der Waals surface area contributed by atoms with Gasteiger partial charge in [-0.15, -0.1) is 0 Å². The summed E-state index contributed by atoms with van der Waals surface area (Å²) in [7, 11) is 0. The fraction of sp³-hybridized carbons (Fsp3) is 0.125. The zero-order valence-corrected chi connectivity index (χ0v) is 12.9. The summed E-state index contributed by atoms with van der Waals surface area (Å²) in [5.74, 6) is 0.301. The average Bonchev–Trinajstić information content (AvgIpc) is 2.50. The molecule has 0 saturated carbocycles. The number of amides is 1. The largest absolute Gasteiger partial charge is 0.481 e. The van der Waals surface area contributed by atoms with E-state index < -0.39 is 6.10 Å². The molecule has 2 rings (SSSR count). The van der Waals surface area contributed by atoms with E-state index in [4.69, 9.17) is 10.00 Å². The molecule has 0 bridgehead atoms. The average molecular weight is 345 g/mol. The molecule has 0 heterocycles. The molecule has 5 heteroatoms. The third-order valence-electron chi connectivity index (χ3n) is 2.80. The second-order valence-electron chi connectivity index (χ2n) is 4.36. The SMILES string of the molecule is CC(Oc1ccc(Br)cc1)C(=O)Nc1ccccc1C#N. The minimum Gasteiger partial charge on any atom is -0.481 e. The Hall–Kier alpha value is -2.32. The topological polar surface area (TPSA) is 62.1 Å². The van der Waals surface area contributed by atoms with Crippen molar-refractivity contribution in [3.8, 4) is 11.8 Å². The summed E-state index contributed by atoms with van der Waals surface area (Å²) in [6, 6.07) is 16.1. The summed E-state index contributed by atoms with van der Waals surface area (Å²) in [4.78, 5) is 12.1. The van der Waals surface area contributed by atoms with Crippen LogP contribution in [-0.4, -0.2) is 12.0 Å². The van der Waals surface area contributed by atoms with Crippen LogP contribution >= 0.6 is 15.9 Å². The molecule has 0 spiro atoms. The van der Waals surface area contributed by atoms with Gasteiger partial charge in [0.2, 0.25) is 0 Å². The molecule has 106 valence electrons. The van der Waals surface area contributed by atoms with Crippen LogP contribution in [0.1, 0.15) is 12.5 Å². The van der Waals surface area contributed by atoms with Crippen molar-refractivity contribution < 1.29 is 9.53 Å². The number of carbonyl (C=O) groups is 1. The van der Waals surface area contributed by atoms with E-state index in [-0.39, 0.29) is 5.91 Å². The van der Waals surface area contributed by atoms with Gasteiger partial charge >= 0.3 is 0 Å². The zero-order valence-electron chi connectivity index (χ0n) is 11.3. The minimum absolute atomic E-state index is 0.305. The van der Waals surface area contributed by atoms with E-state index in [9.17, 15) is 4.79 Å². The Morgan fingerprint density at radius 1 is 1.24 bits per heavy atom. The number of hydrogen-bond acceptors (Lipinski definition) is 3. The summed E-state index contributed by atoms with van der Waals surface area (Å²) in [5, 5.41) is 11.7. The lowest BCUT2D eigenvalue weighted by Gasteiger charge is -2.15.